The first-order valence-electron chi connectivity index (χ1n) is 5.60. The zero-order valence-electron chi connectivity index (χ0n) is 10.3. The van der Waals surface area contributed by atoms with Crippen molar-refractivity contribution in [1.82, 2.24) is 20.9 Å². The Morgan fingerprint density at radius 3 is 2.76 bits per heavy atom. The van der Waals surface area contributed by atoms with Gasteiger partial charge in [0.2, 0.25) is 5.91 Å². The molecule has 17 heavy (non-hydrogen) atoms. The third-order valence-corrected chi connectivity index (χ3v) is 2.74. The number of rotatable bonds is 3. The summed E-state index contributed by atoms with van der Waals surface area (Å²) in [5, 5.41) is 7.89. The molecule has 1 saturated heterocycles. The van der Waals surface area contributed by atoms with Gasteiger partial charge < -0.3 is 10.6 Å². The molecule has 6 nitrogen and oxygen atoms in total. The molecule has 1 aliphatic heterocycles. The average Bonchev–Trinajstić information content (AvgIpc) is 2.28. The zero-order chi connectivity index (χ0) is 12.0. The Kier molecular flexibility index (Phi) is 7.86. The molecule has 7 heteroatoms. The van der Waals surface area contributed by atoms with Gasteiger partial charge in [0.05, 0.1) is 0 Å². The van der Waals surface area contributed by atoms with Crippen LogP contribution in [0.5, 0.6) is 0 Å². The van der Waals surface area contributed by atoms with Crippen LogP contribution in [0.4, 0.5) is 4.79 Å². The van der Waals surface area contributed by atoms with E-state index in [4.69, 9.17) is 0 Å². The smallest absolute Gasteiger partial charge is 0.321 e. The largest absolute Gasteiger partial charge is 0.341 e. The van der Waals surface area contributed by atoms with Crippen molar-refractivity contribution in [3.05, 3.63) is 0 Å². The SMILES string of the molecule is CNC(=O)NC(=O)CCN1CCNC[C@H]1C.Cl. The number of piperazine rings is 1. The highest BCUT2D eigenvalue weighted by Crippen LogP contribution is 2.02. The van der Waals surface area contributed by atoms with Crippen LogP contribution in [0.15, 0.2) is 0 Å². The fourth-order valence-corrected chi connectivity index (χ4v) is 1.71. The Labute approximate surface area is 108 Å². The van der Waals surface area contributed by atoms with E-state index in [0.29, 0.717) is 19.0 Å². The number of carbonyl (C=O) groups excluding carboxylic acids is 2. The number of amides is 3. The standard InChI is InChI=1S/C10H20N4O2.ClH/c1-8-7-12-4-6-14(8)5-3-9(15)13-10(16)11-2;/h8,12H,3-7H2,1-2H3,(H2,11,13,15,16);1H/t8-;/m1./s1. The molecule has 0 aromatic heterocycles. The number of hydrogen-bond acceptors (Lipinski definition) is 4. The van der Waals surface area contributed by atoms with Crippen molar-refractivity contribution in [3.63, 3.8) is 0 Å². The first-order valence-corrected chi connectivity index (χ1v) is 5.60. The summed E-state index contributed by atoms with van der Waals surface area (Å²) in [6.07, 6.45) is 0.359. The third-order valence-electron chi connectivity index (χ3n) is 2.74. The van der Waals surface area contributed by atoms with E-state index in [1.54, 1.807) is 0 Å². The molecule has 0 unspecified atom stereocenters. The highest BCUT2D eigenvalue weighted by Gasteiger charge is 2.18. The molecule has 0 spiro atoms. The average molecular weight is 265 g/mol. The van der Waals surface area contributed by atoms with Crippen LogP contribution in [0.1, 0.15) is 13.3 Å². The Bertz CT molecular complexity index is 263. The summed E-state index contributed by atoms with van der Waals surface area (Å²) in [5.41, 5.74) is 0. The zero-order valence-corrected chi connectivity index (χ0v) is 11.1. The topological polar surface area (TPSA) is 73.5 Å². The van der Waals surface area contributed by atoms with Crippen LogP contribution in [0.25, 0.3) is 0 Å². The van der Waals surface area contributed by atoms with Crippen LogP contribution in [0.3, 0.4) is 0 Å². The second kappa shape index (κ2) is 8.27. The minimum absolute atomic E-state index is 0. The van der Waals surface area contributed by atoms with Crippen molar-refractivity contribution in [1.29, 1.82) is 0 Å². The van der Waals surface area contributed by atoms with Crippen molar-refractivity contribution in [2.45, 2.75) is 19.4 Å². The molecular formula is C10H21ClN4O2. The van der Waals surface area contributed by atoms with E-state index in [1.165, 1.54) is 7.05 Å². The molecule has 0 aromatic rings. The number of halogens is 1. The van der Waals surface area contributed by atoms with Crippen molar-refractivity contribution in [2.24, 2.45) is 0 Å². The minimum atomic E-state index is -0.446. The van der Waals surface area contributed by atoms with E-state index in [1.807, 2.05) is 0 Å². The van der Waals surface area contributed by atoms with E-state index in [2.05, 4.69) is 27.8 Å². The van der Waals surface area contributed by atoms with E-state index >= 15 is 0 Å². The molecule has 0 radical (unpaired) electrons. The third kappa shape index (κ3) is 5.86. The summed E-state index contributed by atoms with van der Waals surface area (Å²) in [5.74, 6) is -0.231. The number of hydrogen-bond donors (Lipinski definition) is 3. The van der Waals surface area contributed by atoms with Crippen molar-refractivity contribution in [2.75, 3.05) is 33.2 Å². The lowest BCUT2D eigenvalue weighted by Crippen LogP contribution is -2.50. The lowest BCUT2D eigenvalue weighted by atomic mass is 10.2. The molecule has 1 fully saturated rings. The van der Waals surface area contributed by atoms with Gasteiger partial charge in [0, 0.05) is 45.7 Å². The van der Waals surface area contributed by atoms with Crippen LogP contribution >= 0.6 is 12.4 Å². The Morgan fingerprint density at radius 2 is 2.18 bits per heavy atom. The lowest BCUT2D eigenvalue weighted by Gasteiger charge is -2.33. The second-order valence-corrected chi connectivity index (χ2v) is 3.97. The molecule has 0 aliphatic carbocycles. The van der Waals surface area contributed by atoms with Gasteiger partial charge in [-0.25, -0.2) is 4.79 Å². The molecular weight excluding hydrogens is 244 g/mol. The van der Waals surface area contributed by atoms with Gasteiger partial charge in [-0.15, -0.1) is 12.4 Å². The monoisotopic (exact) mass is 264 g/mol. The number of nitrogens with one attached hydrogen (secondary N) is 3. The number of imide groups is 1. The number of nitrogens with zero attached hydrogens (tertiary/aromatic N) is 1. The van der Waals surface area contributed by atoms with Crippen molar-refractivity contribution < 1.29 is 9.59 Å². The molecule has 1 heterocycles. The Balaban J connectivity index is 0.00000256. The van der Waals surface area contributed by atoms with Crippen LogP contribution in [0, 0.1) is 0 Å². The fraction of sp³-hybridized carbons (Fsp3) is 0.800. The Morgan fingerprint density at radius 1 is 1.47 bits per heavy atom. The van der Waals surface area contributed by atoms with Crippen LogP contribution < -0.4 is 16.0 Å². The minimum Gasteiger partial charge on any atom is -0.341 e. The summed E-state index contributed by atoms with van der Waals surface area (Å²) in [7, 11) is 1.49. The van der Waals surface area contributed by atoms with Gasteiger partial charge >= 0.3 is 6.03 Å². The van der Waals surface area contributed by atoms with Gasteiger partial charge in [-0.1, -0.05) is 0 Å². The number of urea groups is 1. The van der Waals surface area contributed by atoms with Gasteiger partial charge in [0.15, 0.2) is 0 Å². The Hall–Kier alpha value is -0.850. The van der Waals surface area contributed by atoms with Gasteiger partial charge in [-0.2, -0.15) is 0 Å². The summed E-state index contributed by atoms with van der Waals surface area (Å²) >= 11 is 0. The van der Waals surface area contributed by atoms with E-state index in [9.17, 15) is 9.59 Å². The quantitative estimate of drug-likeness (QED) is 0.646. The first-order chi connectivity index (χ1) is 7.63. The molecule has 1 aliphatic rings. The molecule has 1 rings (SSSR count). The maximum atomic E-state index is 11.3. The molecule has 3 amide bonds. The van der Waals surface area contributed by atoms with E-state index in [-0.39, 0.29) is 18.3 Å². The fourth-order valence-electron chi connectivity index (χ4n) is 1.71. The lowest BCUT2D eigenvalue weighted by molar-refractivity contribution is -0.120. The molecule has 0 bridgehead atoms. The van der Waals surface area contributed by atoms with E-state index in [0.717, 1.165) is 19.6 Å². The summed E-state index contributed by atoms with van der Waals surface area (Å²) in [4.78, 5) is 24.5. The van der Waals surface area contributed by atoms with Crippen molar-refractivity contribution >= 4 is 24.3 Å². The van der Waals surface area contributed by atoms with Crippen LogP contribution in [-0.2, 0) is 4.79 Å². The predicted molar refractivity (Wildman–Crippen MR) is 68.4 cm³/mol. The molecule has 0 aromatic carbocycles. The summed E-state index contributed by atoms with van der Waals surface area (Å²) in [6.45, 7) is 5.70. The second-order valence-electron chi connectivity index (χ2n) is 3.97. The molecule has 1 atom stereocenters. The first kappa shape index (κ1) is 16.1. The summed E-state index contributed by atoms with van der Waals surface area (Å²) < 4.78 is 0. The van der Waals surface area contributed by atoms with Crippen LogP contribution in [0.2, 0.25) is 0 Å². The van der Waals surface area contributed by atoms with Gasteiger partial charge in [0.25, 0.3) is 0 Å². The predicted octanol–water partition coefficient (Wildman–Crippen LogP) is -0.452. The maximum absolute atomic E-state index is 11.3. The highest BCUT2D eigenvalue weighted by atomic mass is 35.5. The highest BCUT2D eigenvalue weighted by molar-refractivity contribution is 5.94. The maximum Gasteiger partial charge on any atom is 0.321 e. The van der Waals surface area contributed by atoms with Crippen LogP contribution in [-0.4, -0.2) is 56.1 Å². The summed E-state index contributed by atoms with van der Waals surface area (Å²) in [6, 6.07) is -0.0000824. The molecule has 100 valence electrons. The normalized spacial score (nSPS) is 20.2. The molecule has 0 saturated carbocycles. The van der Waals surface area contributed by atoms with Gasteiger partial charge in [-0.3, -0.25) is 15.0 Å². The van der Waals surface area contributed by atoms with Gasteiger partial charge in [0.1, 0.15) is 0 Å². The van der Waals surface area contributed by atoms with Gasteiger partial charge in [-0.05, 0) is 6.92 Å². The van der Waals surface area contributed by atoms with Crippen molar-refractivity contribution in [3.8, 4) is 0 Å². The molecule has 3 N–H and O–H groups in total. The number of carbonyl (C=O) groups is 2. The van der Waals surface area contributed by atoms with E-state index < -0.39 is 6.03 Å².